The maximum atomic E-state index is 11.0. The Balaban J connectivity index is 2.30. The van der Waals surface area contributed by atoms with Crippen LogP contribution in [-0.4, -0.2) is 4.92 Å². The van der Waals surface area contributed by atoms with Gasteiger partial charge < -0.3 is 4.74 Å². The predicted molar refractivity (Wildman–Crippen MR) is 53.5 cm³/mol. The molecule has 0 fully saturated rings. The molecule has 0 saturated carbocycles. The Kier molecular flexibility index (Phi) is 1.53. The van der Waals surface area contributed by atoms with Gasteiger partial charge in [0.05, 0.1) is 10.5 Å². The van der Waals surface area contributed by atoms with Crippen molar-refractivity contribution in [2.75, 3.05) is 0 Å². The van der Waals surface area contributed by atoms with Crippen LogP contribution >= 0.6 is 0 Å². The lowest BCUT2D eigenvalue weighted by Crippen LogP contribution is -2.02. The van der Waals surface area contributed by atoms with Crippen LogP contribution in [0, 0.1) is 17.0 Å². The molecule has 0 saturated heterocycles. The van der Waals surface area contributed by atoms with E-state index in [0.29, 0.717) is 5.56 Å². The summed E-state index contributed by atoms with van der Waals surface area (Å²) in [6.45, 7) is 1.76. The summed E-state index contributed by atoms with van der Waals surface area (Å²) in [5.41, 5.74) is 2.60. The topological polar surface area (TPSA) is 52.4 Å². The summed E-state index contributed by atoms with van der Waals surface area (Å²) < 4.78 is 5.57. The molecule has 1 aromatic rings. The Labute approximate surface area is 86.3 Å². The van der Waals surface area contributed by atoms with Crippen LogP contribution in [0.15, 0.2) is 24.3 Å². The maximum Gasteiger partial charge on any atom is 0.278 e. The monoisotopic (exact) mass is 203 g/mol. The normalized spacial score (nSPS) is 25.7. The Morgan fingerprint density at radius 2 is 2.07 bits per heavy atom. The first-order valence-electron chi connectivity index (χ1n) is 4.80. The number of nitro groups is 1. The molecule has 76 valence electrons. The van der Waals surface area contributed by atoms with Crippen molar-refractivity contribution in [2.45, 2.75) is 19.1 Å². The lowest BCUT2D eigenvalue weighted by Gasteiger charge is -2.08. The minimum atomic E-state index is -0.313. The van der Waals surface area contributed by atoms with E-state index in [0.717, 1.165) is 11.1 Å². The third-order valence-electron chi connectivity index (χ3n) is 2.98. The van der Waals surface area contributed by atoms with Crippen LogP contribution in [0.2, 0.25) is 0 Å². The number of fused-ring (bicyclic) bond motifs is 5. The van der Waals surface area contributed by atoms with Crippen LogP contribution in [0.1, 0.15) is 28.9 Å². The fraction of sp³-hybridized carbons (Fsp3) is 0.273. The van der Waals surface area contributed by atoms with Crippen molar-refractivity contribution in [3.8, 4) is 0 Å². The molecule has 2 heterocycles. The van der Waals surface area contributed by atoms with E-state index in [9.17, 15) is 10.1 Å². The van der Waals surface area contributed by atoms with Gasteiger partial charge in [-0.2, -0.15) is 0 Å². The first-order chi connectivity index (χ1) is 7.18. The quantitative estimate of drug-likeness (QED) is 0.400. The highest BCUT2D eigenvalue weighted by molar-refractivity contribution is 5.58. The zero-order chi connectivity index (χ0) is 10.6. The number of hydrogen-bond donors (Lipinski definition) is 0. The van der Waals surface area contributed by atoms with E-state index in [-0.39, 0.29) is 22.8 Å². The number of nitro benzene ring substituents is 1. The minimum Gasteiger partial charge on any atom is -0.357 e. The van der Waals surface area contributed by atoms with E-state index in [4.69, 9.17) is 4.74 Å². The smallest absolute Gasteiger partial charge is 0.278 e. The number of nitrogens with zero attached hydrogens (tertiary/aromatic N) is 1. The van der Waals surface area contributed by atoms with Crippen LogP contribution < -0.4 is 0 Å². The molecular weight excluding hydrogens is 194 g/mol. The summed E-state index contributed by atoms with van der Waals surface area (Å²) in [5.74, 6) is 0. The molecule has 2 bridgehead atoms. The fourth-order valence-electron chi connectivity index (χ4n) is 2.31. The molecular formula is C11H9NO3. The van der Waals surface area contributed by atoms with E-state index >= 15 is 0 Å². The number of ether oxygens (including phenoxy) is 1. The van der Waals surface area contributed by atoms with Crippen LogP contribution in [0.5, 0.6) is 0 Å². The summed E-state index contributed by atoms with van der Waals surface area (Å²) in [4.78, 5) is 10.7. The largest absolute Gasteiger partial charge is 0.357 e. The van der Waals surface area contributed by atoms with Crippen LogP contribution in [0.4, 0.5) is 5.69 Å². The highest BCUT2D eigenvalue weighted by atomic mass is 16.6. The molecule has 2 atom stereocenters. The molecule has 2 aliphatic heterocycles. The number of benzene rings is 1. The van der Waals surface area contributed by atoms with Crippen molar-refractivity contribution >= 4 is 5.69 Å². The van der Waals surface area contributed by atoms with Gasteiger partial charge in [-0.05, 0) is 12.5 Å². The van der Waals surface area contributed by atoms with E-state index in [2.05, 4.69) is 0 Å². The van der Waals surface area contributed by atoms with Gasteiger partial charge in [-0.25, -0.2) is 0 Å². The van der Waals surface area contributed by atoms with Gasteiger partial charge in [-0.1, -0.05) is 24.3 Å². The fourth-order valence-corrected chi connectivity index (χ4v) is 2.31. The highest BCUT2D eigenvalue weighted by Crippen LogP contribution is 2.50. The number of rotatable bonds is 1. The van der Waals surface area contributed by atoms with Gasteiger partial charge in [0.1, 0.15) is 12.2 Å². The second kappa shape index (κ2) is 2.67. The Hall–Kier alpha value is -1.68. The first-order valence-corrected chi connectivity index (χ1v) is 4.80. The lowest BCUT2D eigenvalue weighted by molar-refractivity contribution is -0.386. The summed E-state index contributed by atoms with van der Waals surface area (Å²) in [6.07, 6.45) is 3.54. The zero-order valence-corrected chi connectivity index (χ0v) is 8.14. The Morgan fingerprint density at radius 3 is 2.80 bits per heavy atom. The van der Waals surface area contributed by atoms with Crippen molar-refractivity contribution in [3.05, 3.63) is 51.1 Å². The molecule has 0 N–H and O–H groups in total. The zero-order valence-electron chi connectivity index (χ0n) is 8.14. The average Bonchev–Trinajstić information content (AvgIpc) is 2.76. The molecule has 0 aliphatic carbocycles. The second-order valence-corrected chi connectivity index (χ2v) is 3.85. The molecule has 15 heavy (non-hydrogen) atoms. The molecule has 0 spiro atoms. The van der Waals surface area contributed by atoms with Gasteiger partial charge in [0.15, 0.2) is 0 Å². The van der Waals surface area contributed by atoms with Crippen molar-refractivity contribution < 1.29 is 9.66 Å². The van der Waals surface area contributed by atoms with Gasteiger partial charge in [0, 0.05) is 5.56 Å². The molecule has 4 heteroatoms. The molecule has 0 amide bonds. The van der Waals surface area contributed by atoms with E-state index < -0.39 is 0 Å². The van der Waals surface area contributed by atoms with Crippen molar-refractivity contribution in [2.24, 2.45) is 0 Å². The predicted octanol–water partition coefficient (Wildman–Crippen LogP) is 2.59. The number of aryl methyl sites for hydroxylation is 1. The second-order valence-electron chi connectivity index (χ2n) is 3.85. The van der Waals surface area contributed by atoms with Gasteiger partial charge in [0.2, 0.25) is 0 Å². The summed E-state index contributed by atoms with van der Waals surface area (Å²) in [7, 11) is 0. The van der Waals surface area contributed by atoms with Gasteiger partial charge in [-0.15, -0.1) is 0 Å². The van der Waals surface area contributed by atoms with E-state index in [1.54, 1.807) is 13.0 Å². The highest BCUT2D eigenvalue weighted by Gasteiger charge is 2.39. The molecule has 2 unspecified atom stereocenters. The minimum absolute atomic E-state index is 0.0794. The SMILES string of the molecule is Cc1ccc2c(c1[N+](=O)[O-])C1C=CC2O1. The summed E-state index contributed by atoms with van der Waals surface area (Å²) in [6, 6.07) is 3.71. The molecule has 1 aromatic carbocycles. The third-order valence-corrected chi connectivity index (χ3v) is 2.98. The van der Waals surface area contributed by atoms with Gasteiger partial charge in [-0.3, -0.25) is 10.1 Å². The van der Waals surface area contributed by atoms with Crippen LogP contribution in [-0.2, 0) is 4.74 Å². The van der Waals surface area contributed by atoms with Crippen LogP contribution in [0.3, 0.4) is 0 Å². The van der Waals surface area contributed by atoms with Crippen molar-refractivity contribution in [1.29, 1.82) is 0 Å². The molecule has 4 nitrogen and oxygen atoms in total. The van der Waals surface area contributed by atoms with Crippen molar-refractivity contribution in [1.82, 2.24) is 0 Å². The van der Waals surface area contributed by atoms with E-state index in [1.807, 2.05) is 18.2 Å². The van der Waals surface area contributed by atoms with Crippen molar-refractivity contribution in [3.63, 3.8) is 0 Å². The van der Waals surface area contributed by atoms with Crippen LogP contribution in [0.25, 0.3) is 0 Å². The molecule has 0 aromatic heterocycles. The molecule has 2 aliphatic rings. The Bertz CT molecular complexity index is 493. The van der Waals surface area contributed by atoms with Gasteiger partial charge >= 0.3 is 0 Å². The Morgan fingerprint density at radius 1 is 1.33 bits per heavy atom. The standard InChI is InChI=1S/C11H9NO3/c1-6-2-3-7-8-4-5-9(15-8)10(7)11(6)12(13)14/h2-5,8-9H,1H3. The summed E-state index contributed by atoms with van der Waals surface area (Å²) in [5, 5.41) is 11.0. The third kappa shape index (κ3) is 0.995. The molecule has 3 rings (SSSR count). The van der Waals surface area contributed by atoms with Gasteiger partial charge in [0.25, 0.3) is 5.69 Å². The number of hydrogen-bond acceptors (Lipinski definition) is 3. The lowest BCUT2D eigenvalue weighted by atomic mass is 9.93. The average molecular weight is 203 g/mol. The summed E-state index contributed by atoms with van der Waals surface area (Å²) >= 11 is 0. The van der Waals surface area contributed by atoms with E-state index in [1.165, 1.54) is 0 Å². The molecule has 0 radical (unpaired) electrons. The maximum absolute atomic E-state index is 11.0. The first kappa shape index (κ1) is 8.61.